The summed E-state index contributed by atoms with van der Waals surface area (Å²) in [6, 6.07) is 0. The van der Waals surface area contributed by atoms with E-state index in [9.17, 15) is 4.79 Å². The van der Waals surface area contributed by atoms with Gasteiger partial charge >= 0.3 is 0 Å². The molecule has 0 aromatic rings. The van der Waals surface area contributed by atoms with Crippen molar-refractivity contribution in [2.24, 2.45) is 11.1 Å². The third kappa shape index (κ3) is 1.86. The van der Waals surface area contributed by atoms with Gasteiger partial charge in [0.15, 0.2) is 0 Å². The van der Waals surface area contributed by atoms with Gasteiger partial charge in [-0.05, 0) is 19.9 Å². The SMILES string of the molecule is CN1CCN(C(=O)C2(C(N)=S)CC2)CC1. The summed E-state index contributed by atoms with van der Waals surface area (Å²) >= 11 is 4.98. The summed E-state index contributed by atoms with van der Waals surface area (Å²) in [7, 11) is 2.07. The molecule has 1 heterocycles. The van der Waals surface area contributed by atoms with E-state index in [-0.39, 0.29) is 5.91 Å². The van der Waals surface area contributed by atoms with Crippen LogP contribution < -0.4 is 5.73 Å². The third-order valence-electron chi connectivity index (χ3n) is 3.42. The topological polar surface area (TPSA) is 49.6 Å². The number of likely N-dealkylation sites (N-methyl/N-ethyl adjacent to an activating group) is 1. The Bertz CT molecular complexity index is 293. The highest BCUT2D eigenvalue weighted by Crippen LogP contribution is 2.47. The molecule has 1 aliphatic heterocycles. The second kappa shape index (κ2) is 3.72. The summed E-state index contributed by atoms with van der Waals surface area (Å²) in [6.45, 7) is 3.50. The monoisotopic (exact) mass is 227 g/mol. The number of nitrogens with two attached hydrogens (primary N) is 1. The molecule has 4 nitrogen and oxygen atoms in total. The molecule has 15 heavy (non-hydrogen) atoms. The lowest BCUT2D eigenvalue weighted by Crippen LogP contribution is -2.51. The van der Waals surface area contributed by atoms with Crippen molar-refractivity contribution < 1.29 is 4.79 Å². The molecule has 1 saturated heterocycles. The largest absolute Gasteiger partial charge is 0.392 e. The zero-order valence-corrected chi connectivity index (χ0v) is 9.85. The van der Waals surface area contributed by atoms with Crippen molar-refractivity contribution in [2.45, 2.75) is 12.8 Å². The molecule has 2 fully saturated rings. The number of hydrogen-bond donors (Lipinski definition) is 1. The minimum atomic E-state index is -0.467. The predicted octanol–water partition coefficient (Wildman–Crippen LogP) is -0.173. The Labute approximate surface area is 95.4 Å². The number of nitrogens with zero attached hydrogens (tertiary/aromatic N) is 2. The highest BCUT2D eigenvalue weighted by molar-refractivity contribution is 7.80. The number of piperazine rings is 1. The van der Waals surface area contributed by atoms with E-state index in [0.717, 1.165) is 39.0 Å². The van der Waals surface area contributed by atoms with Gasteiger partial charge in [-0.25, -0.2) is 0 Å². The third-order valence-corrected chi connectivity index (χ3v) is 3.81. The zero-order valence-electron chi connectivity index (χ0n) is 9.03. The van der Waals surface area contributed by atoms with Crippen molar-refractivity contribution in [2.75, 3.05) is 33.2 Å². The maximum atomic E-state index is 12.2. The molecule has 0 unspecified atom stereocenters. The highest BCUT2D eigenvalue weighted by atomic mass is 32.1. The fourth-order valence-corrected chi connectivity index (χ4v) is 2.29. The number of carbonyl (C=O) groups is 1. The maximum Gasteiger partial charge on any atom is 0.235 e. The molecule has 0 aromatic heterocycles. The number of amides is 1. The first-order chi connectivity index (χ1) is 7.06. The van der Waals surface area contributed by atoms with E-state index in [1.165, 1.54) is 0 Å². The molecule has 2 aliphatic rings. The molecule has 0 aromatic carbocycles. The molecule has 1 saturated carbocycles. The molecule has 0 bridgehead atoms. The van der Waals surface area contributed by atoms with Gasteiger partial charge in [-0.2, -0.15) is 0 Å². The van der Waals surface area contributed by atoms with Crippen LogP contribution in [0.2, 0.25) is 0 Å². The van der Waals surface area contributed by atoms with E-state index in [0.29, 0.717) is 4.99 Å². The molecule has 84 valence electrons. The van der Waals surface area contributed by atoms with Gasteiger partial charge in [-0.15, -0.1) is 0 Å². The van der Waals surface area contributed by atoms with Crippen molar-refractivity contribution in [3.63, 3.8) is 0 Å². The molecule has 2 rings (SSSR count). The van der Waals surface area contributed by atoms with Crippen molar-refractivity contribution in [1.82, 2.24) is 9.80 Å². The maximum absolute atomic E-state index is 12.2. The number of rotatable bonds is 2. The lowest BCUT2D eigenvalue weighted by Gasteiger charge is -2.34. The van der Waals surface area contributed by atoms with Gasteiger partial charge < -0.3 is 15.5 Å². The van der Waals surface area contributed by atoms with Crippen LogP contribution in [-0.4, -0.2) is 53.9 Å². The average Bonchev–Trinajstić information content (AvgIpc) is 2.98. The minimum absolute atomic E-state index is 0.156. The van der Waals surface area contributed by atoms with E-state index in [1.54, 1.807) is 0 Å². The zero-order chi connectivity index (χ0) is 11.1. The van der Waals surface area contributed by atoms with Crippen molar-refractivity contribution in [3.05, 3.63) is 0 Å². The Morgan fingerprint density at radius 2 is 1.80 bits per heavy atom. The molecule has 1 aliphatic carbocycles. The molecule has 1 amide bonds. The van der Waals surface area contributed by atoms with E-state index in [1.807, 2.05) is 4.90 Å². The number of thiocarbonyl (C=S) groups is 1. The van der Waals surface area contributed by atoms with Crippen LogP contribution in [0, 0.1) is 5.41 Å². The Morgan fingerprint density at radius 3 is 2.20 bits per heavy atom. The first-order valence-electron chi connectivity index (χ1n) is 5.34. The van der Waals surface area contributed by atoms with E-state index < -0.39 is 5.41 Å². The van der Waals surface area contributed by atoms with Crippen LogP contribution in [0.1, 0.15) is 12.8 Å². The summed E-state index contributed by atoms with van der Waals surface area (Å²) in [5.41, 5.74) is 5.17. The number of hydrogen-bond acceptors (Lipinski definition) is 3. The van der Waals surface area contributed by atoms with Crippen LogP contribution in [0.15, 0.2) is 0 Å². The fourth-order valence-electron chi connectivity index (χ4n) is 2.00. The Balaban J connectivity index is 2.00. The molecule has 0 atom stereocenters. The van der Waals surface area contributed by atoms with Gasteiger partial charge in [0.1, 0.15) is 0 Å². The van der Waals surface area contributed by atoms with Crippen LogP contribution in [0.5, 0.6) is 0 Å². The van der Waals surface area contributed by atoms with E-state index in [2.05, 4.69) is 11.9 Å². The lowest BCUT2D eigenvalue weighted by atomic mass is 10.1. The summed E-state index contributed by atoms with van der Waals surface area (Å²) in [5, 5.41) is 0. The molecule has 5 heteroatoms. The van der Waals surface area contributed by atoms with E-state index >= 15 is 0 Å². The second-order valence-electron chi connectivity index (χ2n) is 4.54. The Hall–Kier alpha value is -0.680. The first-order valence-corrected chi connectivity index (χ1v) is 5.75. The summed E-state index contributed by atoms with van der Waals surface area (Å²) in [6.07, 6.45) is 1.68. The molecular weight excluding hydrogens is 210 g/mol. The summed E-state index contributed by atoms with van der Waals surface area (Å²) < 4.78 is 0. The lowest BCUT2D eigenvalue weighted by molar-refractivity contribution is -0.136. The van der Waals surface area contributed by atoms with Gasteiger partial charge in [-0.3, -0.25) is 4.79 Å². The Morgan fingerprint density at radius 1 is 1.27 bits per heavy atom. The molecule has 2 N–H and O–H groups in total. The summed E-state index contributed by atoms with van der Waals surface area (Å²) in [5.74, 6) is 0.156. The molecular formula is C10H17N3OS. The second-order valence-corrected chi connectivity index (χ2v) is 4.98. The van der Waals surface area contributed by atoms with Gasteiger partial charge in [0.2, 0.25) is 5.91 Å². The van der Waals surface area contributed by atoms with Gasteiger partial charge in [-0.1, -0.05) is 12.2 Å². The predicted molar refractivity (Wildman–Crippen MR) is 62.5 cm³/mol. The normalized spacial score (nSPS) is 25.0. The van der Waals surface area contributed by atoms with Crippen LogP contribution in [-0.2, 0) is 4.79 Å². The van der Waals surface area contributed by atoms with Crippen molar-refractivity contribution >= 4 is 23.1 Å². The Kier molecular flexibility index (Phi) is 2.68. The number of carbonyl (C=O) groups excluding carboxylic acids is 1. The van der Waals surface area contributed by atoms with Crippen LogP contribution in [0.25, 0.3) is 0 Å². The van der Waals surface area contributed by atoms with E-state index in [4.69, 9.17) is 18.0 Å². The van der Waals surface area contributed by atoms with Crippen LogP contribution in [0.4, 0.5) is 0 Å². The average molecular weight is 227 g/mol. The van der Waals surface area contributed by atoms with Crippen molar-refractivity contribution in [3.8, 4) is 0 Å². The standard InChI is InChI=1S/C10H17N3OS/c1-12-4-6-13(7-5-12)9(14)10(2-3-10)8(11)15/h2-7H2,1H3,(H2,11,15). The first kappa shape index (κ1) is 10.8. The van der Waals surface area contributed by atoms with Gasteiger partial charge in [0.05, 0.1) is 10.4 Å². The molecule has 0 radical (unpaired) electrons. The quantitative estimate of drug-likeness (QED) is 0.665. The minimum Gasteiger partial charge on any atom is -0.392 e. The van der Waals surface area contributed by atoms with Gasteiger partial charge in [0.25, 0.3) is 0 Å². The van der Waals surface area contributed by atoms with Crippen LogP contribution >= 0.6 is 12.2 Å². The van der Waals surface area contributed by atoms with Gasteiger partial charge in [0, 0.05) is 26.2 Å². The van der Waals surface area contributed by atoms with Crippen molar-refractivity contribution in [1.29, 1.82) is 0 Å². The highest BCUT2D eigenvalue weighted by Gasteiger charge is 2.54. The van der Waals surface area contributed by atoms with Crippen LogP contribution in [0.3, 0.4) is 0 Å². The summed E-state index contributed by atoms with van der Waals surface area (Å²) in [4.78, 5) is 16.7. The molecule has 0 spiro atoms. The smallest absolute Gasteiger partial charge is 0.235 e. The fraction of sp³-hybridized carbons (Fsp3) is 0.800.